The summed E-state index contributed by atoms with van der Waals surface area (Å²) in [6, 6.07) is 0.568. The maximum Gasteiger partial charge on any atom is 0.0813 e. The molecule has 0 aromatic carbocycles. The van der Waals surface area contributed by atoms with Crippen LogP contribution in [0.5, 0.6) is 0 Å². The number of rotatable bonds is 1. The Balaban J connectivity index is 2.04. The van der Waals surface area contributed by atoms with E-state index in [-0.39, 0.29) is 0 Å². The van der Waals surface area contributed by atoms with E-state index in [1.807, 2.05) is 11.8 Å². The summed E-state index contributed by atoms with van der Waals surface area (Å²) in [5, 5.41) is 2.16. The van der Waals surface area contributed by atoms with Crippen molar-refractivity contribution >= 4 is 28.6 Å². The van der Waals surface area contributed by atoms with Crippen molar-refractivity contribution in [2.24, 2.45) is 10.9 Å². The molecule has 0 N–H and O–H groups in total. The maximum absolute atomic E-state index is 4.68. The molecule has 2 heterocycles. The van der Waals surface area contributed by atoms with Crippen LogP contribution < -0.4 is 0 Å². The Kier molecular flexibility index (Phi) is 2.70. The maximum atomic E-state index is 4.68. The van der Waals surface area contributed by atoms with Gasteiger partial charge in [0.25, 0.3) is 0 Å². The summed E-state index contributed by atoms with van der Waals surface area (Å²) < 4.78 is 0. The van der Waals surface area contributed by atoms with Crippen molar-refractivity contribution in [1.82, 2.24) is 0 Å². The predicted molar refractivity (Wildman–Crippen MR) is 59.4 cm³/mol. The fourth-order valence-corrected chi connectivity index (χ4v) is 4.64. The molecule has 0 bridgehead atoms. The van der Waals surface area contributed by atoms with Gasteiger partial charge in [-0.15, -0.1) is 11.8 Å². The van der Waals surface area contributed by atoms with Crippen LogP contribution in [0, 0.1) is 5.92 Å². The van der Waals surface area contributed by atoms with Crippen molar-refractivity contribution in [2.45, 2.75) is 31.6 Å². The lowest BCUT2D eigenvalue weighted by atomic mass is 10.1. The van der Waals surface area contributed by atoms with Crippen molar-refractivity contribution in [1.29, 1.82) is 0 Å². The van der Waals surface area contributed by atoms with E-state index in [0.717, 1.165) is 11.2 Å². The van der Waals surface area contributed by atoms with Crippen LogP contribution in [-0.4, -0.2) is 27.8 Å². The highest BCUT2D eigenvalue weighted by Crippen LogP contribution is 2.37. The first-order valence-corrected chi connectivity index (χ1v) is 6.63. The summed E-state index contributed by atoms with van der Waals surface area (Å²) >= 11 is 4.08. The summed E-state index contributed by atoms with van der Waals surface area (Å²) in [4.78, 5) is 4.68. The van der Waals surface area contributed by atoms with E-state index in [1.165, 1.54) is 23.0 Å². The van der Waals surface area contributed by atoms with Crippen molar-refractivity contribution in [3.8, 4) is 0 Å². The molecule has 3 atom stereocenters. The average Bonchev–Trinajstić information content (AvgIpc) is 2.58. The molecule has 68 valence electrons. The molecule has 3 heteroatoms. The third-order valence-electron chi connectivity index (χ3n) is 2.45. The summed E-state index contributed by atoms with van der Waals surface area (Å²) in [5.74, 6) is 3.39. The second-order valence-electron chi connectivity index (χ2n) is 3.68. The Labute approximate surface area is 82.8 Å². The SMILES string of the molecule is CC1CSC(C2SCCC2C)=N1. The number of aliphatic imine (C=N–C) groups is 1. The van der Waals surface area contributed by atoms with Crippen LogP contribution in [0.1, 0.15) is 20.3 Å². The van der Waals surface area contributed by atoms with Gasteiger partial charge in [-0.2, -0.15) is 11.8 Å². The third kappa shape index (κ3) is 1.67. The van der Waals surface area contributed by atoms with E-state index in [1.54, 1.807) is 0 Å². The zero-order chi connectivity index (χ0) is 8.55. The first kappa shape index (κ1) is 8.95. The van der Waals surface area contributed by atoms with Crippen LogP contribution in [0.4, 0.5) is 0 Å². The molecule has 0 aliphatic carbocycles. The summed E-state index contributed by atoms with van der Waals surface area (Å²) in [6.07, 6.45) is 1.38. The normalized spacial score (nSPS) is 41.8. The van der Waals surface area contributed by atoms with E-state index >= 15 is 0 Å². The highest BCUT2D eigenvalue weighted by Gasteiger charge is 2.31. The second-order valence-corrected chi connectivity index (χ2v) is 5.97. The van der Waals surface area contributed by atoms with E-state index in [4.69, 9.17) is 0 Å². The minimum atomic E-state index is 0.568. The Morgan fingerprint density at radius 3 is 2.75 bits per heavy atom. The molecular weight excluding hydrogens is 186 g/mol. The van der Waals surface area contributed by atoms with Gasteiger partial charge < -0.3 is 0 Å². The number of thioether (sulfide) groups is 2. The van der Waals surface area contributed by atoms with Gasteiger partial charge in [0.05, 0.1) is 16.3 Å². The molecule has 12 heavy (non-hydrogen) atoms. The van der Waals surface area contributed by atoms with Crippen LogP contribution >= 0.6 is 23.5 Å². The molecule has 0 spiro atoms. The quantitative estimate of drug-likeness (QED) is 0.646. The first-order valence-electron chi connectivity index (χ1n) is 4.59. The van der Waals surface area contributed by atoms with Gasteiger partial charge in [-0.3, -0.25) is 4.99 Å². The largest absolute Gasteiger partial charge is 0.278 e. The van der Waals surface area contributed by atoms with Crippen molar-refractivity contribution in [3.63, 3.8) is 0 Å². The molecule has 0 radical (unpaired) electrons. The topological polar surface area (TPSA) is 12.4 Å². The van der Waals surface area contributed by atoms with Gasteiger partial charge in [0.15, 0.2) is 0 Å². The minimum Gasteiger partial charge on any atom is -0.278 e. The van der Waals surface area contributed by atoms with Gasteiger partial charge in [0, 0.05) is 5.75 Å². The molecule has 0 aromatic rings. The molecule has 0 aromatic heterocycles. The van der Waals surface area contributed by atoms with Crippen molar-refractivity contribution in [3.05, 3.63) is 0 Å². The van der Waals surface area contributed by atoms with Gasteiger partial charge in [-0.05, 0) is 25.0 Å². The molecule has 1 fully saturated rings. The van der Waals surface area contributed by atoms with Crippen molar-refractivity contribution < 1.29 is 0 Å². The smallest absolute Gasteiger partial charge is 0.0813 e. The van der Waals surface area contributed by atoms with Crippen LogP contribution in [0.25, 0.3) is 0 Å². The Hall–Kier alpha value is 0.370. The fourth-order valence-electron chi connectivity index (χ4n) is 1.66. The monoisotopic (exact) mass is 201 g/mol. The molecule has 0 amide bonds. The van der Waals surface area contributed by atoms with E-state index in [9.17, 15) is 0 Å². The zero-order valence-corrected chi connectivity index (χ0v) is 9.25. The number of hydrogen-bond acceptors (Lipinski definition) is 3. The second kappa shape index (κ2) is 3.62. The number of hydrogen-bond donors (Lipinski definition) is 0. The lowest BCUT2D eigenvalue weighted by Gasteiger charge is -2.12. The standard InChI is InChI=1S/C9H15NS2/c1-6-3-4-11-8(6)9-10-7(2)5-12-9/h6-8H,3-5H2,1-2H3. The van der Waals surface area contributed by atoms with Gasteiger partial charge >= 0.3 is 0 Å². The highest BCUT2D eigenvalue weighted by atomic mass is 32.2. The summed E-state index contributed by atoms with van der Waals surface area (Å²) in [7, 11) is 0. The summed E-state index contributed by atoms with van der Waals surface area (Å²) in [6.45, 7) is 4.57. The molecule has 2 aliphatic heterocycles. The summed E-state index contributed by atoms with van der Waals surface area (Å²) in [5.41, 5.74) is 0. The highest BCUT2D eigenvalue weighted by molar-refractivity contribution is 8.16. The molecule has 2 rings (SSSR count). The lowest BCUT2D eigenvalue weighted by molar-refractivity contribution is 0.632. The molecule has 1 saturated heterocycles. The van der Waals surface area contributed by atoms with Crippen molar-refractivity contribution in [2.75, 3.05) is 11.5 Å². The molecule has 1 nitrogen and oxygen atoms in total. The van der Waals surface area contributed by atoms with E-state index < -0.39 is 0 Å². The Morgan fingerprint density at radius 2 is 2.25 bits per heavy atom. The Bertz CT molecular complexity index is 203. The van der Waals surface area contributed by atoms with E-state index in [0.29, 0.717) is 6.04 Å². The van der Waals surface area contributed by atoms with E-state index in [2.05, 4.69) is 30.6 Å². The Morgan fingerprint density at radius 1 is 1.42 bits per heavy atom. The molecular formula is C9H15NS2. The van der Waals surface area contributed by atoms with Gasteiger partial charge in [-0.1, -0.05) is 6.92 Å². The molecule has 2 aliphatic rings. The fraction of sp³-hybridized carbons (Fsp3) is 0.889. The average molecular weight is 201 g/mol. The van der Waals surface area contributed by atoms with Crippen LogP contribution in [0.15, 0.2) is 4.99 Å². The first-order chi connectivity index (χ1) is 5.77. The van der Waals surface area contributed by atoms with Crippen LogP contribution in [-0.2, 0) is 0 Å². The van der Waals surface area contributed by atoms with Gasteiger partial charge in [0.1, 0.15) is 0 Å². The number of nitrogens with zero attached hydrogens (tertiary/aromatic N) is 1. The van der Waals surface area contributed by atoms with Gasteiger partial charge in [-0.25, -0.2) is 0 Å². The van der Waals surface area contributed by atoms with Gasteiger partial charge in [0.2, 0.25) is 0 Å². The predicted octanol–water partition coefficient (Wildman–Crippen LogP) is 2.66. The third-order valence-corrected chi connectivity index (χ3v) is 5.42. The molecule has 3 unspecified atom stereocenters. The van der Waals surface area contributed by atoms with Crippen LogP contribution in [0.3, 0.4) is 0 Å². The lowest BCUT2D eigenvalue weighted by Crippen LogP contribution is -2.16. The zero-order valence-electron chi connectivity index (χ0n) is 7.62. The minimum absolute atomic E-state index is 0.568. The molecule has 0 saturated carbocycles. The van der Waals surface area contributed by atoms with Crippen LogP contribution in [0.2, 0.25) is 0 Å².